The van der Waals surface area contributed by atoms with Crippen molar-refractivity contribution in [3.8, 4) is 11.3 Å². The number of benzene rings is 2. The number of Topliss-reactive ketones (excluding diaryl/α,β-unsaturated/α-hetero) is 1. The molecule has 2 aromatic carbocycles. The number of hydrogen-bond donors (Lipinski definition) is 1. The van der Waals surface area contributed by atoms with Crippen LogP contribution in [-0.2, 0) is 9.59 Å². The smallest absolute Gasteiger partial charge is 0.335 e. The molecule has 0 aliphatic carbocycles. The van der Waals surface area contributed by atoms with Gasteiger partial charge in [0, 0.05) is 11.1 Å². The van der Waals surface area contributed by atoms with Gasteiger partial charge in [0.1, 0.15) is 17.1 Å². The highest BCUT2D eigenvalue weighted by atomic mass is 16.3. The summed E-state index contributed by atoms with van der Waals surface area (Å²) in [5.41, 5.74) is 3.42. The van der Waals surface area contributed by atoms with E-state index < -0.39 is 17.8 Å². The molecule has 1 N–H and O–H groups in total. The average molecular weight is 428 g/mol. The van der Waals surface area contributed by atoms with Gasteiger partial charge >= 0.3 is 6.03 Å². The number of barbiturate groups is 1. The van der Waals surface area contributed by atoms with E-state index in [-0.39, 0.29) is 17.1 Å². The van der Waals surface area contributed by atoms with Gasteiger partial charge in [-0.15, -0.1) is 0 Å². The second-order valence-electron chi connectivity index (χ2n) is 7.56. The number of carbonyl (C=O) groups excluding carboxylic acids is 4. The zero-order valence-corrected chi connectivity index (χ0v) is 17.8. The Morgan fingerprint density at radius 1 is 0.938 bits per heavy atom. The molecule has 7 nitrogen and oxygen atoms in total. The van der Waals surface area contributed by atoms with Crippen LogP contribution in [0.25, 0.3) is 17.4 Å². The molecule has 4 amide bonds. The third kappa shape index (κ3) is 3.88. The lowest BCUT2D eigenvalue weighted by molar-refractivity contribution is -0.122. The Hall–Kier alpha value is -4.26. The molecule has 160 valence electrons. The van der Waals surface area contributed by atoms with E-state index in [2.05, 4.69) is 5.32 Å². The summed E-state index contributed by atoms with van der Waals surface area (Å²) in [5, 5.41) is 2.20. The maximum atomic E-state index is 13.0. The van der Waals surface area contributed by atoms with Crippen LogP contribution in [0.2, 0.25) is 0 Å². The van der Waals surface area contributed by atoms with E-state index in [4.69, 9.17) is 4.42 Å². The van der Waals surface area contributed by atoms with Crippen LogP contribution in [0, 0.1) is 13.8 Å². The fourth-order valence-corrected chi connectivity index (χ4v) is 3.35. The predicted molar refractivity (Wildman–Crippen MR) is 119 cm³/mol. The molecule has 2 heterocycles. The number of nitrogens with zero attached hydrogens (tertiary/aromatic N) is 1. The first-order valence-corrected chi connectivity index (χ1v) is 9.94. The summed E-state index contributed by atoms with van der Waals surface area (Å²) in [5.74, 6) is -0.762. The zero-order valence-electron chi connectivity index (χ0n) is 17.8. The second kappa shape index (κ2) is 8.11. The van der Waals surface area contributed by atoms with Crippen LogP contribution in [0.1, 0.15) is 34.2 Å². The minimum Gasteiger partial charge on any atom is -0.457 e. The van der Waals surface area contributed by atoms with E-state index in [0.717, 1.165) is 21.6 Å². The van der Waals surface area contributed by atoms with Crippen molar-refractivity contribution < 1.29 is 23.6 Å². The Kier molecular flexibility index (Phi) is 5.32. The van der Waals surface area contributed by atoms with Crippen molar-refractivity contribution in [1.82, 2.24) is 5.32 Å². The lowest BCUT2D eigenvalue weighted by Gasteiger charge is -2.26. The van der Waals surface area contributed by atoms with E-state index >= 15 is 0 Å². The van der Waals surface area contributed by atoms with Gasteiger partial charge in [0.15, 0.2) is 5.78 Å². The summed E-state index contributed by atoms with van der Waals surface area (Å²) < 4.78 is 5.78. The molecule has 32 heavy (non-hydrogen) atoms. The summed E-state index contributed by atoms with van der Waals surface area (Å²) in [6.45, 7) is 5.29. The number of anilines is 1. The van der Waals surface area contributed by atoms with Crippen molar-refractivity contribution >= 4 is 35.4 Å². The molecular formula is C25H20N2O5. The molecule has 1 aliphatic rings. The highest BCUT2D eigenvalue weighted by molar-refractivity contribution is 6.39. The fraction of sp³-hybridized carbons (Fsp3) is 0.120. The third-order valence-electron chi connectivity index (χ3n) is 5.34. The van der Waals surface area contributed by atoms with Crippen LogP contribution in [0.5, 0.6) is 0 Å². The summed E-state index contributed by atoms with van der Waals surface area (Å²) in [7, 11) is 0. The Morgan fingerprint density at radius 3 is 2.31 bits per heavy atom. The van der Waals surface area contributed by atoms with Crippen LogP contribution >= 0.6 is 0 Å². The zero-order chi connectivity index (χ0) is 23.0. The number of carbonyl (C=O) groups is 4. The van der Waals surface area contributed by atoms with Crippen molar-refractivity contribution in [2.45, 2.75) is 20.8 Å². The van der Waals surface area contributed by atoms with E-state index in [1.165, 1.54) is 13.0 Å². The van der Waals surface area contributed by atoms with Crippen LogP contribution in [0.3, 0.4) is 0 Å². The van der Waals surface area contributed by atoms with Crippen molar-refractivity contribution in [1.29, 1.82) is 0 Å². The van der Waals surface area contributed by atoms with Crippen LogP contribution in [0.4, 0.5) is 10.5 Å². The van der Waals surface area contributed by atoms with Gasteiger partial charge in [-0.25, -0.2) is 9.69 Å². The molecule has 0 unspecified atom stereocenters. The number of aryl methyl sites for hydroxylation is 2. The third-order valence-corrected chi connectivity index (χ3v) is 5.34. The Labute approximate surface area is 184 Å². The first-order chi connectivity index (χ1) is 15.2. The van der Waals surface area contributed by atoms with Gasteiger partial charge in [0.25, 0.3) is 11.8 Å². The van der Waals surface area contributed by atoms with Gasteiger partial charge in [-0.1, -0.05) is 30.3 Å². The number of urea groups is 1. The molecule has 7 heteroatoms. The molecular weight excluding hydrogens is 408 g/mol. The standard InChI is InChI=1S/C25H20N2O5/c1-14-4-9-19(12-15(14)2)27-24(30)21(23(29)26-25(27)31)13-20-10-11-22(32-20)18-7-5-17(6-8-18)16(3)28/h4-13H,1-3H3,(H,26,29,31)/b21-13+. The molecule has 0 atom stereocenters. The average Bonchev–Trinajstić information content (AvgIpc) is 3.22. The molecule has 0 radical (unpaired) electrons. The topological polar surface area (TPSA) is 96.7 Å². The monoisotopic (exact) mass is 428 g/mol. The minimum absolute atomic E-state index is 0.0360. The lowest BCUT2D eigenvalue weighted by Crippen LogP contribution is -2.54. The van der Waals surface area contributed by atoms with Gasteiger partial charge < -0.3 is 4.42 Å². The normalized spacial score (nSPS) is 15.3. The van der Waals surface area contributed by atoms with Crippen molar-refractivity contribution in [3.05, 3.63) is 82.6 Å². The Bertz CT molecular complexity index is 1300. The molecule has 1 fully saturated rings. The maximum Gasteiger partial charge on any atom is 0.335 e. The molecule has 4 rings (SSSR count). The number of furan rings is 1. The van der Waals surface area contributed by atoms with Gasteiger partial charge in [0.05, 0.1) is 5.69 Å². The van der Waals surface area contributed by atoms with Crippen LogP contribution < -0.4 is 10.2 Å². The van der Waals surface area contributed by atoms with Crippen molar-refractivity contribution in [2.75, 3.05) is 4.90 Å². The van der Waals surface area contributed by atoms with E-state index in [1.807, 2.05) is 13.8 Å². The lowest BCUT2D eigenvalue weighted by atomic mass is 10.1. The molecule has 1 aromatic heterocycles. The number of imide groups is 2. The molecule has 1 saturated heterocycles. The van der Waals surface area contributed by atoms with E-state index in [1.54, 1.807) is 54.6 Å². The molecule has 0 bridgehead atoms. The second-order valence-corrected chi connectivity index (χ2v) is 7.56. The van der Waals surface area contributed by atoms with Gasteiger partial charge in [0.2, 0.25) is 0 Å². The summed E-state index contributed by atoms with van der Waals surface area (Å²) in [6.07, 6.45) is 1.31. The van der Waals surface area contributed by atoms with Crippen molar-refractivity contribution in [3.63, 3.8) is 0 Å². The van der Waals surface area contributed by atoms with Gasteiger partial charge in [-0.3, -0.25) is 19.7 Å². The molecule has 1 aliphatic heterocycles. The Balaban J connectivity index is 1.65. The summed E-state index contributed by atoms with van der Waals surface area (Å²) in [4.78, 5) is 50.1. The van der Waals surface area contributed by atoms with E-state index in [9.17, 15) is 19.2 Å². The van der Waals surface area contributed by atoms with E-state index in [0.29, 0.717) is 17.0 Å². The number of hydrogen-bond acceptors (Lipinski definition) is 5. The largest absolute Gasteiger partial charge is 0.457 e. The number of amides is 4. The fourth-order valence-electron chi connectivity index (χ4n) is 3.35. The molecule has 0 spiro atoms. The number of nitrogens with one attached hydrogen (secondary N) is 1. The maximum absolute atomic E-state index is 13.0. The molecule has 0 saturated carbocycles. The minimum atomic E-state index is -0.800. The number of ketones is 1. The Morgan fingerprint density at radius 2 is 1.66 bits per heavy atom. The first-order valence-electron chi connectivity index (χ1n) is 9.94. The quantitative estimate of drug-likeness (QED) is 0.377. The first kappa shape index (κ1) is 21.0. The predicted octanol–water partition coefficient (Wildman–Crippen LogP) is 4.43. The highest BCUT2D eigenvalue weighted by Crippen LogP contribution is 2.27. The SMILES string of the molecule is CC(=O)c1ccc(-c2ccc(/C=C3\C(=O)NC(=O)N(c4ccc(C)c(C)c4)C3=O)o2)cc1. The number of rotatable bonds is 4. The summed E-state index contributed by atoms with van der Waals surface area (Å²) >= 11 is 0. The highest BCUT2D eigenvalue weighted by Gasteiger charge is 2.37. The summed E-state index contributed by atoms with van der Waals surface area (Å²) in [6, 6.07) is 14.6. The molecule has 3 aromatic rings. The van der Waals surface area contributed by atoms with Crippen LogP contribution in [-0.4, -0.2) is 23.6 Å². The van der Waals surface area contributed by atoms with Gasteiger partial charge in [-0.2, -0.15) is 0 Å². The van der Waals surface area contributed by atoms with Crippen molar-refractivity contribution in [2.24, 2.45) is 0 Å². The van der Waals surface area contributed by atoms with Gasteiger partial charge in [-0.05, 0) is 62.2 Å². The van der Waals surface area contributed by atoms with Crippen LogP contribution in [0.15, 0.2) is 64.6 Å².